The lowest BCUT2D eigenvalue weighted by Crippen LogP contribution is -2.47. The zero-order chi connectivity index (χ0) is 17.2. The summed E-state index contributed by atoms with van der Waals surface area (Å²) in [5, 5.41) is 8.78. The average Bonchev–Trinajstić information content (AvgIpc) is 3.05. The van der Waals surface area contributed by atoms with Crippen molar-refractivity contribution in [3.05, 3.63) is 30.0 Å². The van der Waals surface area contributed by atoms with E-state index in [-0.39, 0.29) is 11.9 Å². The van der Waals surface area contributed by atoms with Crippen molar-refractivity contribution in [1.82, 2.24) is 19.7 Å². The van der Waals surface area contributed by atoms with Crippen molar-refractivity contribution in [3.63, 3.8) is 0 Å². The van der Waals surface area contributed by atoms with E-state index in [1.54, 1.807) is 6.07 Å². The van der Waals surface area contributed by atoms with Crippen molar-refractivity contribution in [2.75, 3.05) is 42.6 Å². The molecule has 25 heavy (non-hydrogen) atoms. The molecular formula is C17H23FN6O. The molecule has 4 heterocycles. The Morgan fingerprint density at radius 1 is 1.08 bits per heavy atom. The number of anilines is 2. The number of ether oxygens (including phenoxy) is 1. The third-order valence-electron chi connectivity index (χ3n) is 4.95. The van der Waals surface area contributed by atoms with Crippen LogP contribution in [-0.2, 0) is 11.8 Å². The van der Waals surface area contributed by atoms with Crippen LogP contribution in [0, 0.1) is 5.82 Å². The smallest absolute Gasteiger partial charge is 0.227 e. The van der Waals surface area contributed by atoms with Gasteiger partial charge in [-0.3, -0.25) is 4.57 Å². The summed E-state index contributed by atoms with van der Waals surface area (Å²) in [7, 11) is 2.01. The maximum Gasteiger partial charge on any atom is 0.227 e. The molecule has 4 rings (SSSR count). The highest BCUT2D eigenvalue weighted by molar-refractivity contribution is 5.42. The molecule has 1 atom stereocenters. The lowest BCUT2D eigenvalue weighted by atomic mass is 10.1. The third-order valence-corrected chi connectivity index (χ3v) is 4.95. The van der Waals surface area contributed by atoms with Gasteiger partial charge in [0, 0.05) is 39.8 Å². The molecular weight excluding hydrogens is 323 g/mol. The first-order chi connectivity index (χ1) is 12.2. The summed E-state index contributed by atoms with van der Waals surface area (Å²) in [6.45, 7) is 4.10. The zero-order valence-corrected chi connectivity index (χ0v) is 14.4. The molecule has 2 aromatic heterocycles. The van der Waals surface area contributed by atoms with Gasteiger partial charge in [-0.1, -0.05) is 0 Å². The molecule has 0 radical (unpaired) electrons. The van der Waals surface area contributed by atoms with E-state index in [1.807, 2.05) is 7.05 Å². The van der Waals surface area contributed by atoms with Crippen molar-refractivity contribution in [3.8, 4) is 0 Å². The maximum atomic E-state index is 13.0. The van der Waals surface area contributed by atoms with Gasteiger partial charge in [-0.2, -0.15) is 0 Å². The molecule has 7 nitrogen and oxygen atoms in total. The molecule has 2 saturated heterocycles. The Kier molecular flexibility index (Phi) is 4.52. The number of hydrogen-bond acceptors (Lipinski definition) is 6. The molecule has 0 amide bonds. The normalized spacial score (nSPS) is 21.6. The first-order valence-corrected chi connectivity index (χ1v) is 8.85. The molecule has 8 heteroatoms. The van der Waals surface area contributed by atoms with Crippen LogP contribution in [0.1, 0.15) is 31.2 Å². The van der Waals surface area contributed by atoms with Crippen LogP contribution < -0.4 is 9.80 Å². The van der Waals surface area contributed by atoms with E-state index in [0.29, 0.717) is 0 Å². The number of pyridine rings is 1. The van der Waals surface area contributed by atoms with E-state index in [2.05, 4.69) is 29.5 Å². The van der Waals surface area contributed by atoms with Gasteiger partial charge in [0.25, 0.3) is 0 Å². The van der Waals surface area contributed by atoms with Gasteiger partial charge < -0.3 is 14.5 Å². The van der Waals surface area contributed by atoms with E-state index < -0.39 is 0 Å². The molecule has 134 valence electrons. The summed E-state index contributed by atoms with van der Waals surface area (Å²) >= 11 is 0. The van der Waals surface area contributed by atoms with Gasteiger partial charge in [-0.15, -0.1) is 10.2 Å². The fraction of sp³-hybridized carbons (Fsp3) is 0.588. The number of piperazine rings is 1. The highest BCUT2D eigenvalue weighted by atomic mass is 19.1. The van der Waals surface area contributed by atoms with Crippen LogP contribution in [0.25, 0.3) is 0 Å². The zero-order valence-electron chi connectivity index (χ0n) is 14.4. The Balaban J connectivity index is 1.42. The fourth-order valence-electron chi connectivity index (χ4n) is 3.52. The van der Waals surface area contributed by atoms with Crippen LogP contribution in [0.3, 0.4) is 0 Å². The summed E-state index contributed by atoms with van der Waals surface area (Å²) in [4.78, 5) is 8.56. The van der Waals surface area contributed by atoms with Crippen LogP contribution in [0.5, 0.6) is 0 Å². The van der Waals surface area contributed by atoms with Crippen LogP contribution in [0.4, 0.5) is 16.2 Å². The second kappa shape index (κ2) is 6.95. The van der Waals surface area contributed by atoms with Crippen LogP contribution >= 0.6 is 0 Å². The minimum Gasteiger partial charge on any atom is -0.370 e. The predicted molar refractivity (Wildman–Crippen MR) is 92.2 cm³/mol. The minimum absolute atomic E-state index is 0.0599. The number of halogens is 1. The Morgan fingerprint density at radius 3 is 2.56 bits per heavy atom. The summed E-state index contributed by atoms with van der Waals surface area (Å²) < 4.78 is 20.9. The number of aromatic nitrogens is 4. The van der Waals surface area contributed by atoms with Crippen molar-refractivity contribution < 1.29 is 9.13 Å². The fourth-order valence-corrected chi connectivity index (χ4v) is 3.52. The molecule has 0 saturated carbocycles. The van der Waals surface area contributed by atoms with Crippen LogP contribution in [0.15, 0.2) is 18.3 Å². The van der Waals surface area contributed by atoms with Crippen molar-refractivity contribution in [2.24, 2.45) is 7.05 Å². The number of hydrogen-bond donors (Lipinski definition) is 0. The van der Waals surface area contributed by atoms with Crippen molar-refractivity contribution in [1.29, 1.82) is 0 Å². The van der Waals surface area contributed by atoms with Gasteiger partial charge in [0.15, 0.2) is 5.82 Å². The van der Waals surface area contributed by atoms with E-state index >= 15 is 0 Å². The summed E-state index contributed by atoms with van der Waals surface area (Å²) in [5.74, 6) is 2.31. The largest absolute Gasteiger partial charge is 0.370 e. The van der Waals surface area contributed by atoms with Gasteiger partial charge in [0.05, 0.1) is 6.20 Å². The second-order valence-electron chi connectivity index (χ2n) is 6.58. The molecule has 0 spiro atoms. The van der Waals surface area contributed by atoms with Crippen molar-refractivity contribution in [2.45, 2.75) is 25.4 Å². The molecule has 0 aliphatic carbocycles. The second-order valence-corrected chi connectivity index (χ2v) is 6.58. The van der Waals surface area contributed by atoms with E-state index in [1.165, 1.54) is 18.7 Å². The molecule has 2 aliphatic rings. The van der Waals surface area contributed by atoms with Gasteiger partial charge in [0.2, 0.25) is 5.95 Å². The molecule has 2 aromatic rings. The summed E-state index contributed by atoms with van der Waals surface area (Å²) in [6.07, 6.45) is 4.64. The topological polar surface area (TPSA) is 59.3 Å². The summed E-state index contributed by atoms with van der Waals surface area (Å²) in [6, 6.07) is 3.18. The Hall–Kier alpha value is -2.22. The molecule has 0 bridgehead atoms. The maximum absolute atomic E-state index is 13.0. The monoisotopic (exact) mass is 346 g/mol. The lowest BCUT2D eigenvalue weighted by Gasteiger charge is -2.35. The van der Waals surface area contributed by atoms with Gasteiger partial charge in [0.1, 0.15) is 17.7 Å². The average molecular weight is 346 g/mol. The third kappa shape index (κ3) is 3.30. The van der Waals surface area contributed by atoms with Crippen LogP contribution in [-0.4, -0.2) is 52.5 Å². The highest BCUT2D eigenvalue weighted by Crippen LogP contribution is 2.28. The predicted octanol–water partition coefficient (Wildman–Crippen LogP) is 1.92. The first-order valence-electron chi connectivity index (χ1n) is 8.85. The van der Waals surface area contributed by atoms with Gasteiger partial charge in [-0.05, 0) is 31.4 Å². The molecule has 2 aliphatic heterocycles. The number of nitrogens with zero attached hydrogens (tertiary/aromatic N) is 6. The minimum atomic E-state index is -0.307. The SMILES string of the molecule is Cn1c(C2CCCCO2)nnc1N1CCN(c2ccc(F)cn2)CC1. The quantitative estimate of drug-likeness (QED) is 0.846. The van der Waals surface area contributed by atoms with E-state index in [4.69, 9.17) is 4.74 Å². The van der Waals surface area contributed by atoms with Gasteiger partial charge >= 0.3 is 0 Å². The van der Waals surface area contributed by atoms with E-state index in [9.17, 15) is 4.39 Å². The van der Waals surface area contributed by atoms with Crippen molar-refractivity contribution >= 4 is 11.8 Å². The molecule has 2 fully saturated rings. The molecule has 0 N–H and O–H groups in total. The standard InChI is InChI=1S/C17H23FN6O/c1-22-16(14-4-2-3-11-25-14)20-21-17(22)24-9-7-23(8-10-24)15-6-5-13(18)12-19-15/h5-6,12,14H,2-4,7-11H2,1H3. The van der Waals surface area contributed by atoms with Gasteiger partial charge in [-0.25, -0.2) is 9.37 Å². The number of rotatable bonds is 3. The molecule has 0 aromatic carbocycles. The van der Waals surface area contributed by atoms with Crippen LogP contribution in [0.2, 0.25) is 0 Å². The Morgan fingerprint density at radius 2 is 1.88 bits per heavy atom. The summed E-state index contributed by atoms with van der Waals surface area (Å²) in [5.41, 5.74) is 0. The Bertz CT molecular complexity index is 704. The lowest BCUT2D eigenvalue weighted by molar-refractivity contribution is 0.00770. The van der Waals surface area contributed by atoms with E-state index in [0.717, 1.165) is 63.2 Å². The Labute approximate surface area is 146 Å². The highest BCUT2D eigenvalue weighted by Gasteiger charge is 2.26. The first kappa shape index (κ1) is 16.3. The molecule has 1 unspecified atom stereocenters.